The van der Waals surface area contributed by atoms with Gasteiger partial charge >= 0.3 is 6.18 Å². The number of fused-ring (bicyclic) bond motifs is 5. The van der Waals surface area contributed by atoms with Crippen LogP contribution >= 0.6 is 46.3 Å². The van der Waals surface area contributed by atoms with E-state index in [1.807, 2.05) is 24.3 Å². The molecule has 0 N–H and O–H groups in total. The van der Waals surface area contributed by atoms with Gasteiger partial charge in [-0.25, -0.2) is 9.97 Å². The number of alkyl halides is 3. The van der Waals surface area contributed by atoms with Gasteiger partial charge in [-0.2, -0.15) is 13.2 Å². The van der Waals surface area contributed by atoms with Gasteiger partial charge in [-0.15, -0.1) is 11.3 Å². The van der Waals surface area contributed by atoms with Crippen molar-refractivity contribution < 1.29 is 13.2 Å². The zero-order chi connectivity index (χ0) is 21.0. The predicted molar refractivity (Wildman–Crippen MR) is 115 cm³/mol. The van der Waals surface area contributed by atoms with Crippen LogP contribution in [0.3, 0.4) is 0 Å². The monoisotopic (exact) mass is 480 g/mol. The van der Waals surface area contributed by atoms with Gasteiger partial charge in [-0.05, 0) is 30.3 Å². The molecule has 1 aliphatic heterocycles. The Morgan fingerprint density at radius 1 is 0.800 bits per heavy atom. The van der Waals surface area contributed by atoms with E-state index in [0.717, 1.165) is 21.4 Å². The molecule has 1 aliphatic rings. The van der Waals surface area contributed by atoms with Gasteiger partial charge in [0, 0.05) is 26.5 Å². The summed E-state index contributed by atoms with van der Waals surface area (Å²) in [4.78, 5) is 11.0. The van der Waals surface area contributed by atoms with Gasteiger partial charge in [0.05, 0.1) is 16.1 Å². The number of aromatic nitrogens is 2. The van der Waals surface area contributed by atoms with Crippen molar-refractivity contribution in [1.82, 2.24) is 9.97 Å². The van der Waals surface area contributed by atoms with E-state index in [1.165, 1.54) is 35.2 Å². The van der Waals surface area contributed by atoms with Crippen molar-refractivity contribution in [2.24, 2.45) is 0 Å². The topological polar surface area (TPSA) is 25.8 Å². The Morgan fingerprint density at radius 2 is 1.53 bits per heavy atom. The predicted octanol–water partition coefficient (Wildman–Crippen LogP) is 8.33. The zero-order valence-electron chi connectivity index (χ0n) is 14.8. The molecule has 0 bridgehead atoms. The normalized spacial score (nSPS) is 12.7. The van der Waals surface area contributed by atoms with Crippen molar-refractivity contribution in [3.8, 4) is 32.3 Å². The highest BCUT2D eigenvalue weighted by molar-refractivity contribution is 7.99. The molecule has 0 spiro atoms. The Bertz CT molecular complexity index is 1280. The second kappa shape index (κ2) is 7.27. The van der Waals surface area contributed by atoms with Crippen LogP contribution in [0.1, 0.15) is 5.56 Å². The summed E-state index contributed by atoms with van der Waals surface area (Å²) in [6.07, 6.45) is -4.41. The Balaban J connectivity index is 1.77. The molecule has 30 heavy (non-hydrogen) atoms. The smallest absolute Gasteiger partial charge is 0.235 e. The largest absolute Gasteiger partial charge is 0.416 e. The van der Waals surface area contributed by atoms with Crippen molar-refractivity contribution in [2.75, 3.05) is 0 Å². The van der Waals surface area contributed by atoms with Crippen LogP contribution in [-0.4, -0.2) is 9.97 Å². The van der Waals surface area contributed by atoms with Crippen LogP contribution in [0.5, 0.6) is 0 Å². The quantitative estimate of drug-likeness (QED) is 0.225. The van der Waals surface area contributed by atoms with E-state index in [-0.39, 0.29) is 10.3 Å². The third-order valence-corrected chi connectivity index (χ3v) is 7.21. The van der Waals surface area contributed by atoms with Crippen LogP contribution in [0.4, 0.5) is 13.2 Å². The standard InChI is InChI=1S/C21H9Cl2F3N2S2/c22-16-7-10(8-17(23)27-16)20-28-18-12-6-5-11(21(24,25)26)9-15(12)29-14-4-2-1-3-13(14)19(18)30-20/h1-9H. The lowest BCUT2D eigenvalue weighted by Crippen LogP contribution is -2.04. The van der Waals surface area contributed by atoms with Gasteiger partial charge in [0.1, 0.15) is 15.3 Å². The molecule has 0 saturated carbocycles. The first-order chi connectivity index (χ1) is 14.3. The van der Waals surface area contributed by atoms with Crippen LogP contribution in [-0.2, 0) is 6.18 Å². The number of halogens is 5. The maximum Gasteiger partial charge on any atom is 0.416 e. The summed E-state index contributed by atoms with van der Waals surface area (Å²) in [6.45, 7) is 0. The third-order valence-electron chi connectivity index (χ3n) is 4.55. The lowest BCUT2D eigenvalue weighted by molar-refractivity contribution is -0.137. The molecule has 150 valence electrons. The summed E-state index contributed by atoms with van der Waals surface area (Å²) < 4.78 is 39.9. The van der Waals surface area contributed by atoms with Crippen molar-refractivity contribution >= 4 is 46.3 Å². The number of nitrogens with zero attached hydrogens (tertiary/aromatic N) is 2. The number of hydrogen-bond acceptors (Lipinski definition) is 4. The third kappa shape index (κ3) is 3.50. The molecule has 0 atom stereocenters. The average Bonchev–Trinajstić information content (AvgIpc) is 3.07. The highest BCUT2D eigenvalue weighted by Crippen LogP contribution is 2.52. The van der Waals surface area contributed by atoms with Crippen LogP contribution in [0.25, 0.3) is 32.3 Å². The fraction of sp³-hybridized carbons (Fsp3) is 0.0476. The Hall–Kier alpha value is -2.06. The van der Waals surface area contributed by atoms with E-state index in [9.17, 15) is 13.2 Å². The lowest BCUT2D eigenvalue weighted by Gasteiger charge is -2.11. The van der Waals surface area contributed by atoms with Crippen LogP contribution in [0, 0.1) is 0 Å². The summed E-state index contributed by atoms with van der Waals surface area (Å²) in [7, 11) is 0. The maximum absolute atomic E-state index is 13.3. The molecule has 9 heteroatoms. The highest BCUT2D eigenvalue weighted by Gasteiger charge is 2.33. The lowest BCUT2D eigenvalue weighted by atomic mass is 10.0. The number of pyridine rings is 1. The molecule has 0 saturated heterocycles. The molecule has 2 aromatic carbocycles. The molecule has 0 radical (unpaired) electrons. The molecule has 0 amide bonds. The minimum Gasteiger partial charge on any atom is -0.235 e. The van der Waals surface area contributed by atoms with Gasteiger partial charge in [0.2, 0.25) is 0 Å². The van der Waals surface area contributed by atoms with Gasteiger partial charge in [-0.1, -0.05) is 59.2 Å². The molecular weight excluding hydrogens is 472 g/mol. The SMILES string of the molecule is FC(F)(F)c1ccc2c(c1)Sc1ccccc1-c1sc(-c3cc(Cl)nc(Cl)c3)nc1-2. The summed E-state index contributed by atoms with van der Waals surface area (Å²) in [6, 6.07) is 14.7. The molecule has 0 fully saturated rings. The van der Waals surface area contributed by atoms with Crippen LogP contribution in [0.2, 0.25) is 10.3 Å². The molecule has 2 nitrogen and oxygen atoms in total. The van der Waals surface area contributed by atoms with E-state index in [4.69, 9.17) is 28.2 Å². The Morgan fingerprint density at radius 3 is 2.27 bits per heavy atom. The number of thiazole rings is 1. The number of benzene rings is 2. The Labute approximate surface area is 187 Å². The molecule has 2 aromatic heterocycles. The Kier molecular flexibility index (Phi) is 4.82. The van der Waals surface area contributed by atoms with Gasteiger partial charge in [-0.3, -0.25) is 0 Å². The number of hydrogen-bond donors (Lipinski definition) is 0. The minimum absolute atomic E-state index is 0.245. The zero-order valence-corrected chi connectivity index (χ0v) is 17.9. The van der Waals surface area contributed by atoms with E-state index < -0.39 is 11.7 Å². The maximum atomic E-state index is 13.3. The van der Waals surface area contributed by atoms with Crippen LogP contribution < -0.4 is 0 Å². The highest BCUT2D eigenvalue weighted by atomic mass is 35.5. The van der Waals surface area contributed by atoms with E-state index in [0.29, 0.717) is 26.7 Å². The first-order valence-electron chi connectivity index (χ1n) is 8.63. The van der Waals surface area contributed by atoms with Crippen molar-refractivity contribution in [1.29, 1.82) is 0 Å². The van der Waals surface area contributed by atoms with Gasteiger partial charge < -0.3 is 0 Å². The summed E-state index contributed by atoms with van der Waals surface area (Å²) in [5.74, 6) is 0. The molecule has 0 unspecified atom stereocenters. The fourth-order valence-electron chi connectivity index (χ4n) is 3.24. The second-order valence-electron chi connectivity index (χ2n) is 6.50. The van der Waals surface area contributed by atoms with Crippen LogP contribution in [0.15, 0.2) is 64.4 Å². The molecule has 0 aliphatic carbocycles. The summed E-state index contributed by atoms with van der Waals surface area (Å²) in [5.41, 5.74) is 2.25. The molecule has 3 heterocycles. The first kappa shape index (κ1) is 19.9. The van der Waals surface area contributed by atoms with Gasteiger partial charge in [0.25, 0.3) is 0 Å². The molecule has 4 aromatic rings. The summed E-state index contributed by atoms with van der Waals surface area (Å²) >= 11 is 14.9. The number of rotatable bonds is 1. The van der Waals surface area contributed by atoms with Gasteiger partial charge in [0.15, 0.2) is 0 Å². The molecule has 5 rings (SSSR count). The second-order valence-corrected chi connectivity index (χ2v) is 9.36. The van der Waals surface area contributed by atoms with Crippen molar-refractivity contribution in [2.45, 2.75) is 16.0 Å². The summed E-state index contributed by atoms with van der Waals surface area (Å²) in [5, 5.41) is 1.15. The van der Waals surface area contributed by atoms with Crippen molar-refractivity contribution in [3.05, 3.63) is 70.5 Å². The first-order valence-corrected chi connectivity index (χ1v) is 11.0. The minimum atomic E-state index is -4.41. The average molecular weight is 481 g/mol. The van der Waals surface area contributed by atoms with Crippen molar-refractivity contribution in [3.63, 3.8) is 0 Å². The van der Waals surface area contributed by atoms with E-state index in [2.05, 4.69) is 4.98 Å². The molecular formula is C21H9Cl2F3N2S2. The fourth-order valence-corrected chi connectivity index (χ4v) is 5.99. The van der Waals surface area contributed by atoms with E-state index >= 15 is 0 Å². The van der Waals surface area contributed by atoms with E-state index in [1.54, 1.807) is 12.1 Å².